The highest BCUT2D eigenvalue weighted by Crippen LogP contribution is 2.53. The van der Waals surface area contributed by atoms with Gasteiger partial charge in [-0.1, -0.05) is 20.8 Å². The van der Waals surface area contributed by atoms with Crippen LogP contribution in [0.2, 0.25) is 0 Å². The molecule has 36 heavy (non-hydrogen) atoms. The van der Waals surface area contributed by atoms with Gasteiger partial charge in [-0.3, -0.25) is 19.3 Å². The van der Waals surface area contributed by atoms with Crippen LogP contribution in [0.25, 0.3) is 5.76 Å². The molecule has 4 rings (SSSR count). The number of Topliss-reactive ketones (excluding diaryl/α,β-unsaturated/α-hetero) is 2. The molecule has 3 aliphatic carbocycles. The highest BCUT2D eigenvalue weighted by molar-refractivity contribution is 6.24. The molecule has 10 heteroatoms. The molecule has 10 nitrogen and oxygen atoms in total. The molecule has 1 aromatic carbocycles. The van der Waals surface area contributed by atoms with Crippen molar-refractivity contribution >= 4 is 23.2 Å². The Morgan fingerprint density at radius 3 is 2.31 bits per heavy atom. The summed E-state index contributed by atoms with van der Waals surface area (Å²) in [7, 11) is 3.12. The van der Waals surface area contributed by atoms with Gasteiger partial charge in [-0.15, -0.1) is 0 Å². The van der Waals surface area contributed by atoms with Gasteiger partial charge in [0.25, 0.3) is 5.91 Å². The summed E-state index contributed by atoms with van der Waals surface area (Å²) in [5.41, 5.74) is 9.09. The van der Waals surface area contributed by atoms with Crippen molar-refractivity contribution in [3.8, 4) is 5.75 Å². The Balaban J connectivity index is 2.02. The molecule has 1 fully saturated rings. The normalized spacial score (nSPS) is 28.3. The number of carbonyl (C=O) groups excluding carboxylic acids is 3. The molecule has 0 heterocycles. The summed E-state index contributed by atoms with van der Waals surface area (Å²) in [6.07, 6.45) is 0.261. The lowest BCUT2D eigenvalue weighted by Gasteiger charge is -2.50. The minimum absolute atomic E-state index is 0.0392. The molecule has 4 atom stereocenters. The van der Waals surface area contributed by atoms with E-state index in [1.54, 1.807) is 20.2 Å². The zero-order valence-electron chi connectivity index (χ0n) is 21.0. The number of nitrogens with two attached hydrogens (primary N) is 2. The number of carbonyl (C=O) groups is 3. The zero-order chi connectivity index (χ0) is 27.1. The standard InChI is InChI=1S/C26H33N3O7/c1-25(2,3)14-8-11(9-27)12-6-10-7-13-18(29(4)5)21(32)17(24(28)35)23(34)26(13,36)22(33)15(10)20(31)16(12)19(14)30/h8,10,13,18,30-31,34,36H,6-7,9,27H2,1-5H3,(H2,28,35)/t10-,13-,18+,26-/m0/s1. The van der Waals surface area contributed by atoms with Crippen molar-refractivity contribution in [1.29, 1.82) is 0 Å². The van der Waals surface area contributed by atoms with Crippen LogP contribution >= 0.6 is 0 Å². The van der Waals surface area contributed by atoms with Crippen molar-refractivity contribution in [1.82, 2.24) is 4.90 Å². The summed E-state index contributed by atoms with van der Waals surface area (Å²) in [6, 6.07) is 0.682. The van der Waals surface area contributed by atoms with Crippen molar-refractivity contribution in [2.24, 2.45) is 23.3 Å². The first-order valence-corrected chi connectivity index (χ1v) is 11.8. The average molecular weight is 500 g/mol. The molecule has 0 aromatic heterocycles. The molecular weight excluding hydrogens is 466 g/mol. The van der Waals surface area contributed by atoms with E-state index in [4.69, 9.17) is 11.5 Å². The van der Waals surface area contributed by atoms with Gasteiger partial charge in [-0.2, -0.15) is 0 Å². The number of aliphatic hydroxyl groups is 3. The summed E-state index contributed by atoms with van der Waals surface area (Å²) in [6.45, 7) is 5.79. The van der Waals surface area contributed by atoms with Gasteiger partial charge in [0.15, 0.2) is 11.4 Å². The highest BCUT2D eigenvalue weighted by Gasteiger charge is 2.64. The number of ketones is 2. The molecule has 0 bridgehead atoms. The van der Waals surface area contributed by atoms with Crippen molar-refractivity contribution in [2.45, 2.75) is 57.2 Å². The van der Waals surface area contributed by atoms with E-state index >= 15 is 0 Å². The van der Waals surface area contributed by atoms with Gasteiger partial charge in [0.1, 0.15) is 22.8 Å². The number of aromatic hydroxyl groups is 1. The number of benzene rings is 1. The summed E-state index contributed by atoms with van der Waals surface area (Å²) < 4.78 is 0. The lowest BCUT2D eigenvalue weighted by Crippen LogP contribution is -2.65. The van der Waals surface area contributed by atoms with Gasteiger partial charge in [-0.25, -0.2) is 0 Å². The number of likely N-dealkylation sites (N-methyl/N-ethyl adjacent to an activating group) is 1. The maximum atomic E-state index is 13.9. The van der Waals surface area contributed by atoms with E-state index in [1.165, 1.54) is 4.90 Å². The number of fused-ring (bicyclic) bond motifs is 3. The number of amides is 1. The smallest absolute Gasteiger partial charge is 0.255 e. The molecule has 0 saturated heterocycles. The Bertz CT molecular complexity index is 1270. The van der Waals surface area contributed by atoms with E-state index in [-0.39, 0.29) is 36.3 Å². The van der Waals surface area contributed by atoms with Gasteiger partial charge in [-0.05, 0) is 55.5 Å². The fourth-order valence-electron chi connectivity index (χ4n) is 6.14. The van der Waals surface area contributed by atoms with E-state index < -0.39 is 63.5 Å². The Labute approximate surface area is 208 Å². The predicted molar refractivity (Wildman–Crippen MR) is 131 cm³/mol. The second-order valence-corrected chi connectivity index (χ2v) is 11.2. The zero-order valence-corrected chi connectivity index (χ0v) is 21.0. The highest BCUT2D eigenvalue weighted by atomic mass is 16.3. The first-order valence-electron chi connectivity index (χ1n) is 11.8. The molecule has 3 aliphatic rings. The molecule has 1 amide bonds. The van der Waals surface area contributed by atoms with Crippen LogP contribution in [0.5, 0.6) is 5.75 Å². The van der Waals surface area contributed by atoms with E-state index in [2.05, 4.69) is 0 Å². The second kappa shape index (κ2) is 8.16. The molecular formula is C26H33N3O7. The fourth-order valence-corrected chi connectivity index (χ4v) is 6.14. The van der Waals surface area contributed by atoms with Crippen LogP contribution in [0.1, 0.15) is 49.4 Å². The lowest BCUT2D eigenvalue weighted by molar-refractivity contribution is -0.153. The van der Waals surface area contributed by atoms with E-state index in [0.29, 0.717) is 16.7 Å². The minimum atomic E-state index is -2.65. The van der Waals surface area contributed by atoms with Crippen LogP contribution in [0.4, 0.5) is 0 Å². The average Bonchev–Trinajstić information content (AvgIpc) is 2.75. The van der Waals surface area contributed by atoms with Crippen LogP contribution in [-0.2, 0) is 32.8 Å². The predicted octanol–water partition coefficient (Wildman–Crippen LogP) is 0.720. The first-order chi connectivity index (χ1) is 16.6. The molecule has 0 radical (unpaired) electrons. The van der Waals surface area contributed by atoms with Crippen molar-refractivity contribution < 1.29 is 34.8 Å². The number of phenols is 1. The molecule has 0 unspecified atom stereocenters. The summed E-state index contributed by atoms with van der Waals surface area (Å²) in [5, 5.41) is 45.1. The third-order valence-corrected chi connectivity index (χ3v) is 7.84. The van der Waals surface area contributed by atoms with Crippen molar-refractivity contribution in [3.05, 3.63) is 45.2 Å². The monoisotopic (exact) mass is 499 g/mol. The van der Waals surface area contributed by atoms with Crippen LogP contribution in [0, 0.1) is 11.8 Å². The van der Waals surface area contributed by atoms with Crippen LogP contribution in [0.15, 0.2) is 23.0 Å². The Morgan fingerprint density at radius 1 is 1.19 bits per heavy atom. The molecule has 1 aromatic rings. The maximum absolute atomic E-state index is 13.9. The summed E-state index contributed by atoms with van der Waals surface area (Å²) in [4.78, 5) is 40.5. The number of primary amides is 1. The minimum Gasteiger partial charge on any atom is -0.508 e. The number of phenolic OH excluding ortho intramolecular Hbond substituents is 1. The van der Waals surface area contributed by atoms with Gasteiger partial charge >= 0.3 is 0 Å². The summed E-state index contributed by atoms with van der Waals surface area (Å²) in [5.74, 6) is -6.62. The Hall–Kier alpha value is -3.21. The van der Waals surface area contributed by atoms with E-state index in [0.717, 1.165) is 0 Å². The van der Waals surface area contributed by atoms with Crippen molar-refractivity contribution in [2.75, 3.05) is 14.1 Å². The lowest BCUT2D eigenvalue weighted by atomic mass is 9.57. The van der Waals surface area contributed by atoms with Gasteiger partial charge in [0.2, 0.25) is 5.78 Å². The quantitative estimate of drug-likeness (QED) is 0.326. The van der Waals surface area contributed by atoms with E-state index in [9.17, 15) is 34.8 Å². The number of hydrogen-bond acceptors (Lipinski definition) is 9. The maximum Gasteiger partial charge on any atom is 0.255 e. The van der Waals surface area contributed by atoms with Gasteiger partial charge < -0.3 is 31.9 Å². The van der Waals surface area contributed by atoms with Crippen LogP contribution < -0.4 is 11.5 Å². The molecule has 194 valence electrons. The van der Waals surface area contributed by atoms with Crippen LogP contribution in [-0.4, -0.2) is 68.5 Å². The Morgan fingerprint density at radius 2 is 1.81 bits per heavy atom. The SMILES string of the molecule is CN(C)[C@H]1C(=O)C(C(N)=O)=C(O)[C@@]2(O)C(=O)C3=C(O)c4c(O)c(C(C)(C)C)cc(CN)c4C[C@H]3C[C@@H]12. The molecule has 0 spiro atoms. The molecule has 8 N–H and O–H groups in total. The number of rotatable bonds is 3. The third-order valence-electron chi connectivity index (χ3n) is 7.84. The Kier molecular flexibility index (Phi) is 5.86. The number of hydrogen-bond donors (Lipinski definition) is 6. The van der Waals surface area contributed by atoms with Crippen molar-refractivity contribution in [3.63, 3.8) is 0 Å². The topological polar surface area (TPSA) is 187 Å². The van der Waals surface area contributed by atoms with Gasteiger partial charge in [0.05, 0.1) is 11.6 Å². The number of nitrogens with zero attached hydrogens (tertiary/aromatic N) is 1. The summed E-state index contributed by atoms with van der Waals surface area (Å²) >= 11 is 0. The first kappa shape index (κ1) is 25.9. The second-order valence-electron chi connectivity index (χ2n) is 11.2. The third kappa shape index (κ3) is 3.31. The van der Waals surface area contributed by atoms with E-state index in [1.807, 2.05) is 20.8 Å². The molecule has 1 saturated carbocycles. The largest absolute Gasteiger partial charge is 0.508 e. The van der Waals surface area contributed by atoms with Gasteiger partial charge in [0, 0.05) is 23.6 Å². The fraction of sp³-hybridized carbons (Fsp3) is 0.500. The van der Waals surface area contributed by atoms with Crippen LogP contribution in [0.3, 0.4) is 0 Å². The molecule has 0 aliphatic heterocycles. The number of aliphatic hydroxyl groups excluding tert-OH is 2.